The van der Waals surface area contributed by atoms with Crippen LogP contribution in [0.5, 0.6) is 0 Å². The Morgan fingerprint density at radius 2 is 2.31 bits per heavy atom. The number of carbonyl (C=O) groups is 1. The number of carboxylic acids is 1. The second-order valence-electron chi connectivity index (χ2n) is 2.97. The monoisotopic (exact) mass is 232 g/mol. The van der Waals surface area contributed by atoms with Crippen molar-refractivity contribution in [2.75, 3.05) is 0 Å². The number of hydrogen-bond donors (Lipinski definition) is 1. The molecule has 0 aliphatic carbocycles. The number of aliphatic carboxylic acids is 1. The molecule has 0 spiro atoms. The van der Waals surface area contributed by atoms with Crippen molar-refractivity contribution in [2.24, 2.45) is 0 Å². The largest absolute Gasteiger partial charge is 0.478 e. The first kappa shape index (κ1) is 10.5. The Morgan fingerprint density at radius 1 is 1.44 bits per heavy atom. The van der Waals surface area contributed by atoms with E-state index in [9.17, 15) is 4.79 Å². The number of rotatable bonds is 3. The van der Waals surface area contributed by atoms with Gasteiger partial charge in [-0.3, -0.25) is 0 Å². The normalized spacial score (nSPS) is 11.4. The summed E-state index contributed by atoms with van der Waals surface area (Å²) in [6.07, 6.45) is 4.50. The van der Waals surface area contributed by atoms with Crippen LogP contribution in [0.3, 0.4) is 0 Å². The molecule has 0 bridgehead atoms. The van der Waals surface area contributed by atoms with E-state index in [-0.39, 0.29) is 5.57 Å². The van der Waals surface area contributed by atoms with Crippen LogP contribution in [0.2, 0.25) is 0 Å². The molecule has 0 aliphatic heterocycles. The zero-order chi connectivity index (χ0) is 11.4. The van der Waals surface area contributed by atoms with Crippen molar-refractivity contribution in [3.05, 3.63) is 46.7 Å². The molecule has 0 atom stereocenters. The third-order valence-electron chi connectivity index (χ3n) is 1.91. The van der Waals surface area contributed by atoms with Gasteiger partial charge in [-0.2, -0.15) is 0 Å². The first-order valence-corrected chi connectivity index (χ1v) is 5.40. The van der Waals surface area contributed by atoms with Crippen molar-refractivity contribution in [1.82, 2.24) is 9.97 Å². The average Bonchev–Trinajstić information content (AvgIpc) is 2.80. The van der Waals surface area contributed by atoms with Crippen molar-refractivity contribution >= 4 is 29.0 Å². The summed E-state index contributed by atoms with van der Waals surface area (Å²) >= 11 is 1.39. The predicted octanol–water partition coefficient (Wildman–Crippen LogP) is 2.16. The first-order valence-electron chi connectivity index (χ1n) is 4.52. The summed E-state index contributed by atoms with van der Waals surface area (Å²) in [5, 5.41) is 10.9. The SMILES string of the molecule is O=C(O)C(=Cc1ccncn1)c1cccs1. The number of aromatic nitrogens is 2. The summed E-state index contributed by atoms with van der Waals surface area (Å²) < 4.78 is 0. The van der Waals surface area contributed by atoms with Gasteiger partial charge in [-0.25, -0.2) is 14.8 Å². The maximum absolute atomic E-state index is 11.1. The van der Waals surface area contributed by atoms with Gasteiger partial charge in [0.15, 0.2) is 0 Å². The Labute approximate surface area is 95.9 Å². The molecule has 4 nitrogen and oxygen atoms in total. The van der Waals surface area contributed by atoms with Crippen LogP contribution >= 0.6 is 11.3 Å². The molecule has 0 aliphatic rings. The molecule has 0 radical (unpaired) electrons. The Balaban J connectivity index is 2.42. The molecule has 2 heterocycles. The summed E-state index contributed by atoms with van der Waals surface area (Å²) in [6, 6.07) is 5.25. The Hall–Kier alpha value is -2.01. The molecule has 0 saturated carbocycles. The lowest BCUT2D eigenvalue weighted by Crippen LogP contribution is -1.98. The lowest BCUT2D eigenvalue weighted by molar-refractivity contribution is -0.130. The van der Waals surface area contributed by atoms with Gasteiger partial charge < -0.3 is 5.11 Å². The predicted molar refractivity (Wildman–Crippen MR) is 61.9 cm³/mol. The van der Waals surface area contributed by atoms with Crippen LogP contribution in [0, 0.1) is 0 Å². The smallest absolute Gasteiger partial charge is 0.337 e. The molecule has 0 amide bonds. The summed E-state index contributed by atoms with van der Waals surface area (Å²) in [5.74, 6) is -0.957. The highest BCUT2D eigenvalue weighted by molar-refractivity contribution is 7.11. The maximum atomic E-state index is 11.1. The molecule has 80 valence electrons. The Morgan fingerprint density at radius 3 is 2.88 bits per heavy atom. The standard InChI is InChI=1S/C11H8N2O2S/c14-11(15)9(10-2-1-5-16-10)6-8-3-4-12-7-13-8/h1-7H,(H,14,15). The van der Waals surface area contributed by atoms with Crippen molar-refractivity contribution < 1.29 is 9.90 Å². The van der Waals surface area contributed by atoms with E-state index in [0.29, 0.717) is 10.6 Å². The van der Waals surface area contributed by atoms with Crippen LogP contribution in [0.4, 0.5) is 0 Å². The molecular weight excluding hydrogens is 224 g/mol. The van der Waals surface area contributed by atoms with E-state index in [1.165, 1.54) is 23.7 Å². The lowest BCUT2D eigenvalue weighted by Gasteiger charge is -1.98. The highest BCUT2D eigenvalue weighted by atomic mass is 32.1. The third kappa shape index (κ3) is 2.32. The topological polar surface area (TPSA) is 63.1 Å². The molecule has 0 fully saturated rings. The van der Waals surface area contributed by atoms with Gasteiger partial charge in [0, 0.05) is 11.1 Å². The first-order chi connectivity index (χ1) is 7.77. The zero-order valence-electron chi connectivity index (χ0n) is 8.20. The minimum absolute atomic E-state index is 0.244. The lowest BCUT2D eigenvalue weighted by atomic mass is 10.2. The number of carboxylic acid groups (broad SMARTS) is 1. The Kier molecular flexibility index (Phi) is 3.07. The van der Waals surface area contributed by atoms with Crippen LogP contribution in [-0.2, 0) is 4.79 Å². The minimum atomic E-state index is -0.957. The van der Waals surface area contributed by atoms with E-state index in [4.69, 9.17) is 5.11 Å². The van der Waals surface area contributed by atoms with Gasteiger partial charge >= 0.3 is 5.97 Å². The van der Waals surface area contributed by atoms with Gasteiger partial charge in [0.1, 0.15) is 6.33 Å². The third-order valence-corrected chi connectivity index (χ3v) is 2.82. The minimum Gasteiger partial charge on any atom is -0.478 e. The molecule has 2 aromatic rings. The molecule has 5 heteroatoms. The van der Waals surface area contributed by atoms with Crippen LogP contribution in [0.25, 0.3) is 11.6 Å². The van der Waals surface area contributed by atoms with Crippen molar-refractivity contribution in [3.63, 3.8) is 0 Å². The van der Waals surface area contributed by atoms with E-state index in [0.717, 1.165) is 0 Å². The van der Waals surface area contributed by atoms with Gasteiger partial charge in [0.2, 0.25) is 0 Å². The van der Waals surface area contributed by atoms with Crippen LogP contribution in [0.1, 0.15) is 10.6 Å². The fourth-order valence-corrected chi connectivity index (χ4v) is 1.94. The van der Waals surface area contributed by atoms with Crippen molar-refractivity contribution in [1.29, 1.82) is 0 Å². The average molecular weight is 232 g/mol. The second kappa shape index (κ2) is 4.67. The van der Waals surface area contributed by atoms with Crippen LogP contribution < -0.4 is 0 Å². The van der Waals surface area contributed by atoms with Gasteiger partial charge in [0.25, 0.3) is 0 Å². The van der Waals surface area contributed by atoms with Gasteiger partial charge in [-0.05, 0) is 23.6 Å². The number of nitrogens with zero attached hydrogens (tertiary/aromatic N) is 2. The van der Waals surface area contributed by atoms with E-state index >= 15 is 0 Å². The fourth-order valence-electron chi connectivity index (χ4n) is 1.20. The summed E-state index contributed by atoms with van der Waals surface area (Å²) in [4.78, 5) is 19.6. The number of thiophene rings is 1. The zero-order valence-corrected chi connectivity index (χ0v) is 9.02. The van der Waals surface area contributed by atoms with Gasteiger partial charge in [-0.1, -0.05) is 6.07 Å². The van der Waals surface area contributed by atoms with Gasteiger partial charge in [0.05, 0.1) is 11.3 Å². The highest BCUT2D eigenvalue weighted by Gasteiger charge is 2.11. The van der Waals surface area contributed by atoms with E-state index in [1.54, 1.807) is 18.3 Å². The molecule has 0 saturated heterocycles. The molecular formula is C11H8N2O2S. The molecule has 0 aromatic carbocycles. The highest BCUT2D eigenvalue weighted by Crippen LogP contribution is 2.22. The molecule has 2 rings (SSSR count). The summed E-state index contributed by atoms with van der Waals surface area (Å²) in [5.41, 5.74) is 0.828. The summed E-state index contributed by atoms with van der Waals surface area (Å²) in [6.45, 7) is 0. The van der Waals surface area contributed by atoms with Crippen molar-refractivity contribution in [2.45, 2.75) is 0 Å². The van der Waals surface area contributed by atoms with E-state index in [2.05, 4.69) is 9.97 Å². The van der Waals surface area contributed by atoms with E-state index in [1.807, 2.05) is 11.4 Å². The fraction of sp³-hybridized carbons (Fsp3) is 0. The molecule has 16 heavy (non-hydrogen) atoms. The summed E-state index contributed by atoms with van der Waals surface area (Å²) in [7, 11) is 0. The molecule has 2 aromatic heterocycles. The maximum Gasteiger partial charge on any atom is 0.337 e. The van der Waals surface area contributed by atoms with Crippen LogP contribution in [-0.4, -0.2) is 21.0 Å². The Bertz CT molecular complexity index is 506. The number of hydrogen-bond acceptors (Lipinski definition) is 4. The van der Waals surface area contributed by atoms with Crippen LogP contribution in [0.15, 0.2) is 36.1 Å². The molecule has 0 unspecified atom stereocenters. The molecule has 1 N–H and O–H groups in total. The second-order valence-corrected chi connectivity index (χ2v) is 3.92. The quantitative estimate of drug-likeness (QED) is 0.824. The van der Waals surface area contributed by atoms with E-state index < -0.39 is 5.97 Å². The van der Waals surface area contributed by atoms with Gasteiger partial charge in [-0.15, -0.1) is 11.3 Å². The van der Waals surface area contributed by atoms with Crippen molar-refractivity contribution in [3.8, 4) is 0 Å².